The molecule has 5 heteroatoms. The highest BCUT2D eigenvalue weighted by Gasteiger charge is 2.18. The lowest BCUT2D eigenvalue weighted by atomic mass is 10.0. The summed E-state index contributed by atoms with van der Waals surface area (Å²) in [4.78, 5) is 12.4. The van der Waals surface area contributed by atoms with Gasteiger partial charge >= 0.3 is 0 Å². The average Bonchev–Trinajstić information content (AvgIpc) is 2.74. The number of ketones is 1. The number of rotatable bonds is 2. The maximum Gasteiger partial charge on any atom is 0.194 e. The van der Waals surface area contributed by atoms with Gasteiger partial charge in [0.25, 0.3) is 0 Å². The molecular weight excluding hydrogens is 295 g/mol. The third kappa shape index (κ3) is 2.72. The van der Waals surface area contributed by atoms with Gasteiger partial charge in [0.15, 0.2) is 17.3 Å². The molecule has 2 aromatic rings. The van der Waals surface area contributed by atoms with E-state index in [1.165, 1.54) is 18.2 Å². The molecule has 0 spiro atoms. The van der Waals surface area contributed by atoms with Gasteiger partial charge in [-0.15, -0.1) is 0 Å². The van der Waals surface area contributed by atoms with Gasteiger partial charge in [0.05, 0.1) is 18.2 Å². The van der Waals surface area contributed by atoms with Gasteiger partial charge in [-0.3, -0.25) is 4.79 Å². The Hall–Kier alpha value is -2.07. The molecular formula is C16H12ClFO3. The zero-order valence-electron chi connectivity index (χ0n) is 11.1. The molecule has 0 radical (unpaired) electrons. The van der Waals surface area contributed by atoms with Crippen molar-refractivity contribution in [3.8, 4) is 11.5 Å². The van der Waals surface area contributed by atoms with Crippen LogP contribution in [-0.2, 0) is 0 Å². The van der Waals surface area contributed by atoms with Crippen molar-refractivity contribution in [3.05, 3.63) is 58.4 Å². The van der Waals surface area contributed by atoms with Gasteiger partial charge in [0, 0.05) is 17.5 Å². The van der Waals surface area contributed by atoms with Crippen LogP contribution in [0.25, 0.3) is 0 Å². The molecule has 1 heterocycles. The first-order chi connectivity index (χ1) is 10.2. The van der Waals surface area contributed by atoms with Crippen molar-refractivity contribution in [2.24, 2.45) is 0 Å². The van der Waals surface area contributed by atoms with E-state index in [9.17, 15) is 9.18 Å². The quantitative estimate of drug-likeness (QED) is 0.790. The molecule has 0 atom stereocenters. The van der Waals surface area contributed by atoms with Gasteiger partial charge < -0.3 is 9.47 Å². The summed E-state index contributed by atoms with van der Waals surface area (Å²) in [5.74, 6) is 0.160. The smallest absolute Gasteiger partial charge is 0.194 e. The van der Waals surface area contributed by atoms with Crippen molar-refractivity contribution in [1.82, 2.24) is 0 Å². The Morgan fingerprint density at radius 2 is 1.86 bits per heavy atom. The number of ether oxygens (including phenoxy) is 2. The Morgan fingerprint density at radius 1 is 1.10 bits per heavy atom. The molecule has 0 N–H and O–H groups in total. The zero-order valence-corrected chi connectivity index (χ0v) is 11.8. The molecule has 3 rings (SSSR count). The Bertz CT molecular complexity index is 700. The van der Waals surface area contributed by atoms with Gasteiger partial charge in [0.1, 0.15) is 5.82 Å². The van der Waals surface area contributed by atoms with Crippen LogP contribution in [0, 0.1) is 5.82 Å². The van der Waals surface area contributed by atoms with Crippen molar-refractivity contribution in [1.29, 1.82) is 0 Å². The van der Waals surface area contributed by atoms with Gasteiger partial charge in [-0.2, -0.15) is 0 Å². The zero-order chi connectivity index (χ0) is 14.8. The van der Waals surface area contributed by atoms with Gasteiger partial charge in [0.2, 0.25) is 0 Å². The van der Waals surface area contributed by atoms with Crippen molar-refractivity contribution >= 4 is 17.4 Å². The van der Waals surface area contributed by atoms with Crippen LogP contribution >= 0.6 is 11.6 Å². The lowest BCUT2D eigenvalue weighted by Crippen LogP contribution is -2.04. The summed E-state index contributed by atoms with van der Waals surface area (Å²) in [7, 11) is 0. The fourth-order valence-corrected chi connectivity index (χ4v) is 2.35. The number of fused-ring (bicyclic) bond motifs is 1. The van der Waals surface area contributed by atoms with Crippen molar-refractivity contribution in [2.45, 2.75) is 6.42 Å². The average molecular weight is 307 g/mol. The van der Waals surface area contributed by atoms with Crippen LogP contribution in [0.3, 0.4) is 0 Å². The van der Waals surface area contributed by atoms with Crippen LogP contribution in [-0.4, -0.2) is 19.0 Å². The summed E-state index contributed by atoms with van der Waals surface area (Å²) in [6.45, 7) is 1.11. The van der Waals surface area contributed by atoms with Crippen molar-refractivity contribution in [2.75, 3.05) is 13.2 Å². The molecule has 3 nitrogen and oxygen atoms in total. The summed E-state index contributed by atoms with van der Waals surface area (Å²) in [5.41, 5.74) is 0.512. The van der Waals surface area contributed by atoms with E-state index >= 15 is 0 Å². The van der Waals surface area contributed by atoms with Crippen LogP contribution in [0.2, 0.25) is 5.02 Å². The lowest BCUT2D eigenvalue weighted by molar-refractivity contribution is 0.103. The second kappa shape index (κ2) is 5.74. The number of hydrogen-bond acceptors (Lipinski definition) is 3. The minimum Gasteiger partial charge on any atom is -0.490 e. The minimum absolute atomic E-state index is 0.131. The molecule has 2 aromatic carbocycles. The third-order valence-electron chi connectivity index (χ3n) is 3.21. The molecule has 0 aliphatic carbocycles. The first-order valence-electron chi connectivity index (χ1n) is 6.55. The molecule has 0 fully saturated rings. The van der Waals surface area contributed by atoms with Crippen molar-refractivity contribution in [3.63, 3.8) is 0 Å². The Kier molecular flexibility index (Phi) is 3.80. The van der Waals surface area contributed by atoms with E-state index in [-0.39, 0.29) is 16.4 Å². The summed E-state index contributed by atoms with van der Waals surface area (Å²) in [6.07, 6.45) is 0.785. The van der Waals surface area contributed by atoms with E-state index in [0.717, 1.165) is 6.42 Å². The molecule has 21 heavy (non-hydrogen) atoms. The molecule has 108 valence electrons. The SMILES string of the molecule is O=C(c1ccc2c(c1)OCCCO2)c1cccc(F)c1Cl. The molecule has 1 aliphatic rings. The largest absolute Gasteiger partial charge is 0.490 e. The molecule has 1 aliphatic heterocycles. The molecule has 0 bridgehead atoms. The van der Waals surface area contributed by atoms with E-state index in [1.54, 1.807) is 18.2 Å². The number of hydrogen-bond donors (Lipinski definition) is 0. The third-order valence-corrected chi connectivity index (χ3v) is 3.59. The number of benzene rings is 2. The monoisotopic (exact) mass is 306 g/mol. The lowest BCUT2D eigenvalue weighted by Gasteiger charge is -2.09. The van der Waals surface area contributed by atoms with Gasteiger partial charge in [-0.05, 0) is 30.3 Å². The summed E-state index contributed by atoms with van der Waals surface area (Å²) in [6, 6.07) is 9.07. The highest BCUT2D eigenvalue weighted by atomic mass is 35.5. The predicted molar refractivity (Wildman–Crippen MR) is 76.9 cm³/mol. The van der Waals surface area contributed by atoms with Gasteiger partial charge in [-0.1, -0.05) is 17.7 Å². The van der Waals surface area contributed by atoms with E-state index in [4.69, 9.17) is 21.1 Å². The maximum atomic E-state index is 13.5. The van der Waals surface area contributed by atoms with Crippen LogP contribution in [0.4, 0.5) is 4.39 Å². The highest BCUT2D eigenvalue weighted by Crippen LogP contribution is 2.32. The van der Waals surface area contributed by atoms with Gasteiger partial charge in [-0.25, -0.2) is 4.39 Å². The number of carbonyl (C=O) groups is 1. The number of halogens is 2. The number of carbonyl (C=O) groups excluding carboxylic acids is 1. The second-order valence-electron chi connectivity index (χ2n) is 4.64. The summed E-state index contributed by atoms with van der Waals surface area (Å²) < 4.78 is 24.5. The molecule has 0 saturated carbocycles. The molecule has 0 aromatic heterocycles. The first-order valence-corrected chi connectivity index (χ1v) is 6.93. The molecule has 0 unspecified atom stereocenters. The van der Waals surface area contributed by atoms with Crippen LogP contribution in [0.15, 0.2) is 36.4 Å². The predicted octanol–water partition coefficient (Wildman–Crippen LogP) is 3.87. The topological polar surface area (TPSA) is 35.5 Å². The summed E-state index contributed by atoms with van der Waals surface area (Å²) in [5, 5.41) is -0.172. The first kappa shape index (κ1) is 13.9. The van der Waals surface area contributed by atoms with E-state index in [1.807, 2.05) is 0 Å². The van der Waals surface area contributed by atoms with Crippen molar-refractivity contribution < 1.29 is 18.7 Å². The Morgan fingerprint density at radius 3 is 2.67 bits per heavy atom. The maximum absolute atomic E-state index is 13.5. The fourth-order valence-electron chi connectivity index (χ4n) is 2.14. The van der Waals surface area contributed by atoms with E-state index < -0.39 is 5.82 Å². The Labute approximate surface area is 126 Å². The van der Waals surface area contributed by atoms with Crippen LogP contribution in [0.1, 0.15) is 22.3 Å². The summed E-state index contributed by atoms with van der Waals surface area (Å²) >= 11 is 5.86. The van der Waals surface area contributed by atoms with E-state index in [2.05, 4.69) is 0 Å². The normalized spacial score (nSPS) is 13.6. The highest BCUT2D eigenvalue weighted by molar-refractivity contribution is 6.35. The standard InChI is InChI=1S/C16H12ClFO3/c17-15-11(3-1-4-12(15)18)16(19)10-5-6-13-14(9-10)21-8-2-7-20-13/h1,3-6,9H,2,7-8H2. The Balaban J connectivity index is 1.98. The molecule has 0 saturated heterocycles. The van der Waals surface area contributed by atoms with Crippen LogP contribution in [0.5, 0.6) is 11.5 Å². The molecule has 0 amide bonds. The second-order valence-corrected chi connectivity index (χ2v) is 5.02. The fraction of sp³-hybridized carbons (Fsp3) is 0.188. The van der Waals surface area contributed by atoms with Crippen LogP contribution < -0.4 is 9.47 Å². The van der Waals surface area contributed by atoms with E-state index in [0.29, 0.717) is 30.3 Å². The minimum atomic E-state index is -0.614.